The van der Waals surface area contributed by atoms with Crippen molar-refractivity contribution in [1.82, 2.24) is 10.1 Å². The zero-order chi connectivity index (χ0) is 18.3. The third kappa shape index (κ3) is 3.24. The van der Waals surface area contributed by atoms with Gasteiger partial charge in [0.2, 0.25) is 0 Å². The fourth-order valence-electron chi connectivity index (χ4n) is 3.32. The van der Waals surface area contributed by atoms with E-state index in [1.807, 2.05) is 6.92 Å². The highest BCUT2D eigenvalue weighted by Crippen LogP contribution is 2.33. The van der Waals surface area contributed by atoms with E-state index in [2.05, 4.69) is 24.2 Å². The molecule has 1 aliphatic rings. The minimum absolute atomic E-state index is 0.0294. The number of ether oxygens (including phenoxy) is 1. The van der Waals surface area contributed by atoms with Gasteiger partial charge in [-0.05, 0) is 50.8 Å². The predicted molar refractivity (Wildman–Crippen MR) is 101 cm³/mol. The molecular weight excluding hydrogens is 350 g/mol. The Morgan fingerprint density at radius 2 is 2.15 bits per heavy atom. The van der Waals surface area contributed by atoms with E-state index < -0.39 is 0 Å². The van der Waals surface area contributed by atoms with E-state index in [9.17, 15) is 4.79 Å². The van der Waals surface area contributed by atoms with Crippen LogP contribution < -0.4 is 4.90 Å². The maximum Gasteiger partial charge on any atom is 0.282 e. The Hall–Kier alpha value is -2.25. The van der Waals surface area contributed by atoms with E-state index in [1.165, 1.54) is 16.9 Å². The summed E-state index contributed by atoms with van der Waals surface area (Å²) >= 11 is 1.53. The zero-order valence-corrected chi connectivity index (χ0v) is 15.9. The summed E-state index contributed by atoms with van der Waals surface area (Å²) in [7, 11) is 0. The molecule has 0 bridgehead atoms. The Kier molecular flexibility index (Phi) is 4.50. The number of hydrogen-bond donors (Lipinski definition) is 0. The van der Waals surface area contributed by atoms with Crippen LogP contribution in [0.15, 0.2) is 22.7 Å². The summed E-state index contributed by atoms with van der Waals surface area (Å²) in [5.41, 5.74) is 3.54. The monoisotopic (exact) mass is 371 g/mol. The Balaban J connectivity index is 1.74. The first kappa shape index (κ1) is 17.2. The Morgan fingerprint density at radius 1 is 1.31 bits per heavy atom. The van der Waals surface area contributed by atoms with Crippen LogP contribution in [0.5, 0.6) is 0 Å². The van der Waals surface area contributed by atoms with Crippen LogP contribution >= 0.6 is 11.3 Å². The molecule has 0 aliphatic carbocycles. The molecule has 1 atom stereocenters. The number of thiazole rings is 1. The van der Waals surface area contributed by atoms with Gasteiger partial charge in [-0.1, -0.05) is 22.6 Å². The van der Waals surface area contributed by atoms with Gasteiger partial charge < -0.3 is 9.26 Å². The molecule has 4 rings (SSSR count). The maximum atomic E-state index is 13.1. The van der Waals surface area contributed by atoms with Gasteiger partial charge in [-0.25, -0.2) is 4.98 Å². The van der Waals surface area contributed by atoms with E-state index >= 15 is 0 Å². The Labute approximate surface area is 155 Å². The normalized spacial score (nSPS) is 17.1. The SMILES string of the molecule is Cc1cc(C)c2nc(N(CC3CCCO3)C(=O)c3cc(C)on3)sc2c1. The van der Waals surface area contributed by atoms with Gasteiger partial charge in [0.15, 0.2) is 10.8 Å². The van der Waals surface area contributed by atoms with Crippen molar-refractivity contribution in [1.29, 1.82) is 0 Å². The van der Waals surface area contributed by atoms with E-state index in [0.717, 1.165) is 35.2 Å². The number of carbonyl (C=O) groups is 1. The highest BCUT2D eigenvalue weighted by atomic mass is 32.1. The second kappa shape index (κ2) is 6.81. The largest absolute Gasteiger partial charge is 0.376 e. The van der Waals surface area contributed by atoms with Crippen LogP contribution in [-0.4, -0.2) is 35.3 Å². The van der Waals surface area contributed by atoms with Crippen LogP contribution in [-0.2, 0) is 4.74 Å². The lowest BCUT2D eigenvalue weighted by molar-refractivity contribution is 0.0910. The zero-order valence-electron chi connectivity index (χ0n) is 15.1. The summed E-state index contributed by atoms with van der Waals surface area (Å²) < 4.78 is 11.9. The van der Waals surface area contributed by atoms with Crippen molar-refractivity contribution in [3.8, 4) is 0 Å². The number of fused-ring (bicyclic) bond motifs is 1. The number of hydrogen-bond acceptors (Lipinski definition) is 6. The molecule has 1 aliphatic heterocycles. The summed E-state index contributed by atoms with van der Waals surface area (Å²) in [6.07, 6.45) is 2.00. The van der Waals surface area contributed by atoms with Crippen LogP contribution in [0.2, 0.25) is 0 Å². The summed E-state index contributed by atoms with van der Waals surface area (Å²) in [4.78, 5) is 19.5. The summed E-state index contributed by atoms with van der Waals surface area (Å²) in [5, 5.41) is 4.57. The number of aromatic nitrogens is 2. The summed E-state index contributed by atoms with van der Waals surface area (Å²) in [6, 6.07) is 5.88. The molecule has 1 fully saturated rings. The fourth-order valence-corrected chi connectivity index (χ4v) is 4.47. The van der Waals surface area contributed by atoms with Crippen LogP contribution in [0.3, 0.4) is 0 Å². The van der Waals surface area contributed by atoms with Crippen LogP contribution in [0.1, 0.15) is 40.2 Å². The summed E-state index contributed by atoms with van der Waals surface area (Å²) in [5.74, 6) is 0.409. The number of carbonyl (C=O) groups excluding carboxylic acids is 1. The first-order valence-corrected chi connectivity index (χ1v) is 9.57. The molecule has 26 heavy (non-hydrogen) atoms. The third-order valence-corrected chi connectivity index (χ3v) is 5.58. The van der Waals surface area contributed by atoms with Crippen molar-refractivity contribution in [2.24, 2.45) is 0 Å². The highest BCUT2D eigenvalue weighted by molar-refractivity contribution is 7.22. The molecule has 1 unspecified atom stereocenters. The average molecular weight is 371 g/mol. The number of nitrogens with zero attached hydrogens (tertiary/aromatic N) is 3. The molecule has 136 valence electrons. The molecule has 2 aromatic heterocycles. The van der Waals surface area contributed by atoms with Gasteiger partial charge in [-0.2, -0.15) is 0 Å². The Morgan fingerprint density at radius 3 is 2.85 bits per heavy atom. The molecule has 1 saturated heterocycles. The van der Waals surface area contributed by atoms with Gasteiger partial charge in [0, 0.05) is 12.7 Å². The predicted octanol–water partition coefficient (Wildman–Crippen LogP) is 4.04. The second-order valence-corrected chi connectivity index (χ2v) is 7.81. The number of benzene rings is 1. The highest BCUT2D eigenvalue weighted by Gasteiger charge is 2.28. The van der Waals surface area contributed by atoms with Gasteiger partial charge in [-0.15, -0.1) is 0 Å². The van der Waals surface area contributed by atoms with Crippen molar-refractivity contribution < 1.29 is 14.1 Å². The van der Waals surface area contributed by atoms with Gasteiger partial charge in [0.1, 0.15) is 5.76 Å². The molecular formula is C19H21N3O3S. The van der Waals surface area contributed by atoms with Crippen LogP contribution in [0, 0.1) is 20.8 Å². The second-order valence-electron chi connectivity index (χ2n) is 6.80. The third-order valence-electron chi connectivity index (χ3n) is 4.55. The molecule has 6 nitrogen and oxygen atoms in total. The lowest BCUT2D eigenvalue weighted by Gasteiger charge is -2.21. The molecule has 1 aromatic carbocycles. The van der Waals surface area contributed by atoms with Gasteiger partial charge >= 0.3 is 0 Å². The molecule has 3 heterocycles. The van der Waals surface area contributed by atoms with Crippen molar-refractivity contribution >= 4 is 32.6 Å². The molecule has 0 N–H and O–H groups in total. The minimum Gasteiger partial charge on any atom is -0.376 e. The maximum absolute atomic E-state index is 13.1. The lowest BCUT2D eigenvalue weighted by Crippen LogP contribution is -2.37. The first-order chi connectivity index (χ1) is 12.5. The van der Waals surface area contributed by atoms with Crippen molar-refractivity contribution in [3.63, 3.8) is 0 Å². The van der Waals surface area contributed by atoms with Crippen LogP contribution in [0.4, 0.5) is 5.13 Å². The van der Waals surface area contributed by atoms with Crippen molar-refractivity contribution in [2.45, 2.75) is 39.7 Å². The molecule has 0 radical (unpaired) electrons. The average Bonchev–Trinajstić information content (AvgIpc) is 3.32. The number of anilines is 1. The van der Waals surface area contributed by atoms with E-state index in [0.29, 0.717) is 23.1 Å². The Bertz CT molecular complexity index is 956. The van der Waals surface area contributed by atoms with Gasteiger partial charge in [-0.3, -0.25) is 9.69 Å². The minimum atomic E-state index is -0.203. The van der Waals surface area contributed by atoms with Crippen LogP contribution in [0.25, 0.3) is 10.2 Å². The number of amides is 1. The topological polar surface area (TPSA) is 68.5 Å². The molecule has 3 aromatic rings. The summed E-state index contributed by atoms with van der Waals surface area (Å²) in [6.45, 7) is 7.11. The van der Waals surface area contributed by atoms with Crippen molar-refractivity contribution in [3.05, 3.63) is 40.8 Å². The quantitative estimate of drug-likeness (QED) is 0.692. The van der Waals surface area contributed by atoms with Crippen molar-refractivity contribution in [2.75, 3.05) is 18.1 Å². The molecule has 7 heteroatoms. The smallest absolute Gasteiger partial charge is 0.282 e. The first-order valence-electron chi connectivity index (χ1n) is 8.76. The van der Waals surface area contributed by atoms with Gasteiger partial charge in [0.05, 0.1) is 22.9 Å². The number of rotatable bonds is 4. The molecule has 0 saturated carbocycles. The van der Waals surface area contributed by atoms with E-state index in [1.54, 1.807) is 17.9 Å². The van der Waals surface area contributed by atoms with E-state index in [4.69, 9.17) is 14.2 Å². The fraction of sp³-hybridized carbons (Fsp3) is 0.421. The standard InChI is InChI=1S/C19H21N3O3S/c1-11-7-12(2)17-16(8-11)26-19(20-17)22(10-14-5-4-6-24-14)18(23)15-9-13(3)25-21-15/h7-9,14H,4-6,10H2,1-3H3. The number of aryl methyl sites for hydroxylation is 3. The molecule has 0 spiro atoms. The lowest BCUT2D eigenvalue weighted by atomic mass is 10.1. The van der Waals surface area contributed by atoms with E-state index in [-0.39, 0.29) is 12.0 Å². The molecule has 1 amide bonds. The van der Waals surface area contributed by atoms with Gasteiger partial charge in [0.25, 0.3) is 5.91 Å².